The monoisotopic (exact) mass is 494 g/mol. The van der Waals surface area contributed by atoms with Gasteiger partial charge in [0.15, 0.2) is 11.6 Å². The fourth-order valence-corrected chi connectivity index (χ4v) is 8.27. The number of hydrogen-bond acceptors (Lipinski definition) is 10. The predicted molar refractivity (Wildman–Crippen MR) is 117 cm³/mol. The van der Waals surface area contributed by atoms with E-state index in [0.717, 1.165) is 0 Å². The molecule has 2 bridgehead atoms. The standard InChI is InChI=1S/C25H34O10/c1-10-6-13(26)19(29)23(5)12(10)7-14-24-9-33-25(32,21(23)24)18(28)11(2)16(24)17(20(30)34-14)35-15(27)8-22(3,4)31/h6,11-12,14,16-19,21,28-29,31-32H,7-9H2,1-5H3/t11-,12+,14-,16-,17-,18-,19-,21-,23-,24+,25-/m1/s1. The lowest BCUT2D eigenvalue weighted by molar-refractivity contribution is -0.340. The minimum Gasteiger partial charge on any atom is -0.459 e. The van der Waals surface area contributed by atoms with Crippen molar-refractivity contribution in [2.75, 3.05) is 6.61 Å². The number of fused-ring (bicyclic) bond motifs is 1. The Hall–Kier alpha value is -1.85. The molecule has 0 radical (unpaired) electrons. The molecule has 0 amide bonds. The van der Waals surface area contributed by atoms with Crippen molar-refractivity contribution in [2.45, 2.75) is 83.3 Å². The van der Waals surface area contributed by atoms with E-state index < -0.39 is 88.0 Å². The number of aliphatic hydroxyl groups excluding tert-OH is 2. The van der Waals surface area contributed by atoms with Crippen LogP contribution >= 0.6 is 0 Å². The van der Waals surface area contributed by atoms with Crippen LogP contribution in [0.1, 0.15) is 47.5 Å². The summed E-state index contributed by atoms with van der Waals surface area (Å²) in [5.74, 6) is -7.14. The van der Waals surface area contributed by atoms with E-state index in [9.17, 15) is 34.8 Å². The lowest BCUT2D eigenvalue weighted by Gasteiger charge is -2.68. The van der Waals surface area contributed by atoms with Crippen molar-refractivity contribution in [3.63, 3.8) is 0 Å². The normalized spacial score (nSPS) is 50.6. The molecule has 0 aromatic carbocycles. The van der Waals surface area contributed by atoms with Crippen molar-refractivity contribution < 1.29 is 49.0 Å². The Bertz CT molecular complexity index is 1010. The van der Waals surface area contributed by atoms with Crippen LogP contribution in [0.25, 0.3) is 0 Å². The molecule has 3 aliphatic carbocycles. The Morgan fingerprint density at radius 2 is 1.94 bits per heavy atom. The average Bonchev–Trinajstić information content (AvgIpc) is 3.02. The zero-order valence-corrected chi connectivity index (χ0v) is 20.6. The fraction of sp³-hybridized carbons (Fsp3) is 0.800. The molecule has 2 aliphatic heterocycles. The van der Waals surface area contributed by atoms with Gasteiger partial charge in [0.1, 0.15) is 18.3 Å². The van der Waals surface area contributed by atoms with Gasteiger partial charge in [0, 0.05) is 22.7 Å². The summed E-state index contributed by atoms with van der Waals surface area (Å²) in [5.41, 5.74) is -3.02. The van der Waals surface area contributed by atoms with Crippen LogP contribution in [-0.2, 0) is 28.6 Å². The summed E-state index contributed by atoms with van der Waals surface area (Å²) >= 11 is 0. The largest absolute Gasteiger partial charge is 0.459 e. The van der Waals surface area contributed by atoms with Crippen LogP contribution in [0.2, 0.25) is 0 Å². The van der Waals surface area contributed by atoms with Crippen molar-refractivity contribution >= 4 is 17.7 Å². The second-order valence-electron chi connectivity index (χ2n) is 12.1. The van der Waals surface area contributed by atoms with Gasteiger partial charge in [-0.3, -0.25) is 9.59 Å². The molecule has 2 saturated carbocycles. The first-order valence-electron chi connectivity index (χ1n) is 12.2. The maximum absolute atomic E-state index is 13.2. The number of carbonyl (C=O) groups is 3. The van der Waals surface area contributed by atoms with E-state index in [2.05, 4.69) is 0 Å². The SMILES string of the molecule is CC1=CC(=O)[C@@H](O)[C@]2(C)[C@H]3[C@]4(O)OC[C@]35[C@H]([C@@H](C)[C@H]4O)[C@@H](OC(=O)CC(C)(C)O)C(=O)O[C@@H]5C[C@@H]12. The maximum Gasteiger partial charge on any atom is 0.348 e. The summed E-state index contributed by atoms with van der Waals surface area (Å²) in [7, 11) is 0. The summed E-state index contributed by atoms with van der Waals surface area (Å²) in [5, 5.41) is 44.4. The van der Waals surface area contributed by atoms with Crippen LogP contribution in [0.4, 0.5) is 0 Å². The number of allylic oxidation sites excluding steroid dienone is 1. The van der Waals surface area contributed by atoms with E-state index in [0.29, 0.717) is 5.57 Å². The van der Waals surface area contributed by atoms with E-state index >= 15 is 0 Å². The van der Waals surface area contributed by atoms with Crippen molar-refractivity contribution in [3.05, 3.63) is 11.6 Å². The van der Waals surface area contributed by atoms with Crippen LogP contribution in [0.5, 0.6) is 0 Å². The van der Waals surface area contributed by atoms with Gasteiger partial charge in [0.05, 0.1) is 18.6 Å². The molecular formula is C25H34O10. The van der Waals surface area contributed by atoms with Crippen LogP contribution in [0.15, 0.2) is 11.6 Å². The van der Waals surface area contributed by atoms with Gasteiger partial charge in [-0.25, -0.2) is 4.79 Å². The molecule has 5 rings (SSSR count). The summed E-state index contributed by atoms with van der Waals surface area (Å²) < 4.78 is 17.4. The number of esters is 2. The first kappa shape index (κ1) is 24.8. The molecule has 10 nitrogen and oxygen atoms in total. The highest BCUT2D eigenvalue weighted by Gasteiger charge is 2.83. The number of carbonyl (C=O) groups excluding carboxylic acids is 3. The van der Waals surface area contributed by atoms with Gasteiger partial charge in [-0.2, -0.15) is 0 Å². The molecule has 4 fully saturated rings. The molecule has 2 saturated heterocycles. The maximum atomic E-state index is 13.2. The number of ketones is 1. The van der Waals surface area contributed by atoms with E-state index in [1.807, 2.05) is 0 Å². The van der Waals surface area contributed by atoms with Gasteiger partial charge in [0.25, 0.3) is 0 Å². The molecule has 35 heavy (non-hydrogen) atoms. The highest BCUT2D eigenvalue weighted by atomic mass is 16.7. The minimum absolute atomic E-state index is 0.107. The molecule has 4 N–H and O–H groups in total. The lowest BCUT2D eigenvalue weighted by atomic mass is 9.38. The Balaban J connectivity index is 1.66. The highest BCUT2D eigenvalue weighted by molar-refractivity contribution is 5.96. The second-order valence-corrected chi connectivity index (χ2v) is 12.1. The highest BCUT2D eigenvalue weighted by Crippen LogP contribution is 2.73. The van der Waals surface area contributed by atoms with Gasteiger partial charge in [-0.05, 0) is 45.1 Å². The van der Waals surface area contributed by atoms with Crippen molar-refractivity contribution in [2.24, 2.45) is 34.5 Å². The average molecular weight is 495 g/mol. The summed E-state index contributed by atoms with van der Waals surface area (Å²) in [6.07, 6.45) is -3.81. The van der Waals surface area contributed by atoms with Gasteiger partial charge < -0.3 is 34.6 Å². The van der Waals surface area contributed by atoms with Crippen molar-refractivity contribution in [1.29, 1.82) is 0 Å². The van der Waals surface area contributed by atoms with E-state index in [1.165, 1.54) is 19.9 Å². The zero-order chi connectivity index (χ0) is 25.9. The molecule has 10 heteroatoms. The first-order valence-corrected chi connectivity index (χ1v) is 12.2. The topological polar surface area (TPSA) is 160 Å². The Kier molecular flexibility index (Phi) is 5.21. The summed E-state index contributed by atoms with van der Waals surface area (Å²) in [6, 6.07) is 0. The molecule has 0 aromatic heterocycles. The number of aliphatic hydroxyl groups is 4. The predicted octanol–water partition coefficient (Wildman–Crippen LogP) is -0.151. The minimum atomic E-state index is -2.11. The van der Waals surface area contributed by atoms with Crippen LogP contribution < -0.4 is 0 Å². The first-order chi connectivity index (χ1) is 16.1. The quantitative estimate of drug-likeness (QED) is 0.389. The molecule has 11 atom stereocenters. The zero-order valence-electron chi connectivity index (χ0n) is 20.6. The Morgan fingerprint density at radius 1 is 1.29 bits per heavy atom. The van der Waals surface area contributed by atoms with Gasteiger partial charge in [-0.1, -0.05) is 19.4 Å². The second kappa shape index (κ2) is 7.35. The lowest BCUT2D eigenvalue weighted by Crippen LogP contribution is -2.78. The number of rotatable bonds is 3. The van der Waals surface area contributed by atoms with E-state index in [4.69, 9.17) is 14.2 Å². The molecular weight excluding hydrogens is 460 g/mol. The smallest absolute Gasteiger partial charge is 0.348 e. The summed E-state index contributed by atoms with van der Waals surface area (Å²) in [6.45, 7) is 7.91. The Morgan fingerprint density at radius 3 is 2.57 bits per heavy atom. The van der Waals surface area contributed by atoms with Crippen molar-refractivity contribution in [3.8, 4) is 0 Å². The molecule has 194 valence electrons. The molecule has 5 aliphatic rings. The van der Waals surface area contributed by atoms with Crippen LogP contribution in [0.3, 0.4) is 0 Å². The van der Waals surface area contributed by atoms with E-state index in [1.54, 1.807) is 20.8 Å². The molecule has 1 spiro atoms. The third-order valence-corrected chi connectivity index (χ3v) is 9.47. The van der Waals surface area contributed by atoms with Gasteiger partial charge in [0.2, 0.25) is 6.10 Å². The van der Waals surface area contributed by atoms with Crippen molar-refractivity contribution in [1.82, 2.24) is 0 Å². The third-order valence-electron chi connectivity index (χ3n) is 9.47. The Labute approximate surface area is 203 Å². The van der Waals surface area contributed by atoms with Crippen LogP contribution in [-0.4, -0.2) is 80.6 Å². The fourth-order valence-electron chi connectivity index (χ4n) is 8.27. The molecule has 2 heterocycles. The van der Waals surface area contributed by atoms with Crippen LogP contribution in [0, 0.1) is 34.5 Å². The van der Waals surface area contributed by atoms with Gasteiger partial charge >= 0.3 is 11.9 Å². The van der Waals surface area contributed by atoms with E-state index in [-0.39, 0.29) is 19.4 Å². The third kappa shape index (κ3) is 3.03. The number of ether oxygens (including phenoxy) is 3. The van der Waals surface area contributed by atoms with Gasteiger partial charge in [-0.15, -0.1) is 0 Å². The number of hydrogen-bond donors (Lipinski definition) is 4. The molecule has 0 unspecified atom stereocenters. The summed E-state index contributed by atoms with van der Waals surface area (Å²) in [4.78, 5) is 38.7. The molecule has 0 aromatic rings.